The topological polar surface area (TPSA) is 102 Å². The monoisotopic (exact) mass is 259 g/mol. The summed E-state index contributed by atoms with van der Waals surface area (Å²) in [5.41, 5.74) is 0. The molecule has 0 bridgehead atoms. The summed E-state index contributed by atoms with van der Waals surface area (Å²) < 4.78 is 0. The summed E-state index contributed by atoms with van der Waals surface area (Å²) in [5, 5.41) is 23.0. The lowest BCUT2D eigenvalue weighted by molar-refractivity contribution is -0.140. The number of nitrogens with one attached hydrogen (secondary N) is 2. The van der Waals surface area contributed by atoms with Crippen LogP contribution in [0.2, 0.25) is 0 Å². The zero-order valence-corrected chi connectivity index (χ0v) is 10.6. The third kappa shape index (κ3) is 4.15. The van der Waals surface area contributed by atoms with Crippen LogP contribution < -0.4 is 10.6 Å². The van der Waals surface area contributed by atoms with Gasteiger partial charge < -0.3 is 25.7 Å². The van der Waals surface area contributed by atoms with Crippen LogP contribution in [0, 0.1) is 5.92 Å². The van der Waals surface area contributed by atoms with Gasteiger partial charge in [0.15, 0.2) is 6.04 Å². The first-order valence-corrected chi connectivity index (χ1v) is 6.12. The molecule has 2 amide bonds. The van der Waals surface area contributed by atoms with Gasteiger partial charge in [0.1, 0.15) is 0 Å². The quantitative estimate of drug-likeness (QED) is 0.511. The van der Waals surface area contributed by atoms with Crippen LogP contribution in [0.15, 0.2) is 0 Å². The summed E-state index contributed by atoms with van der Waals surface area (Å²) in [4.78, 5) is 24.2. The molecular formula is C11H21N3O4. The molecule has 104 valence electrons. The van der Waals surface area contributed by atoms with Crippen molar-refractivity contribution in [1.29, 1.82) is 0 Å². The highest BCUT2D eigenvalue weighted by molar-refractivity contribution is 5.82. The Kier molecular flexibility index (Phi) is 5.87. The number of carboxylic acid groups (broad SMARTS) is 1. The smallest absolute Gasteiger partial charge is 0.328 e. The fourth-order valence-corrected chi connectivity index (χ4v) is 2.13. The van der Waals surface area contributed by atoms with Gasteiger partial charge in [-0.1, -0.05) is 0 Å². The molecular weight excluding hydrogens is 238 g/mol. The highest BCUT2D eigenvalue weighted by atomic mass is 16.4. The van der Waals surface area contributed by atoms with Crippen LogP contribution in [0.25, 0.3) is 0 Å². The molecule has 0 spiro atoms. The van der Waals surface area contributed by atoms with E-state index in [1.807, 2.05) is 7.05 Å². The van der Waals surface area contributed by atoms with Crippen LogP contribution in [0.5, 0.6) is 0 Å². The van der Waals surface area contributed by atoms with Crippen molar-refractivity contribution in [3.05, 3.63) is 0 Å². The summed E-state index contributed by atoms with van der Waals surface area (Å²) in [7, 11) is 1.87. The minimum absolute atomic E-state index is 0.395. The Balaban J connectivity index is 2.47. The number of piperidine rings is 1. The van der Waals surface area contributed by atoms with Crippen molar-refractivity contribution in [2.24, 2.45) is 5.92 Å². The highest BCUT2D eigenvalue weighted by Gasteiger charge is 2.26. The molecule has 1 heterocycles. The third-order valence-electron chi connectivity index (χ3n) is 3.08. The SMILES string of the molecule is CNCC1CCCN(C(=O)N[C@@H](CO)C(=O)O)C1. The van der Waals surface area contributed by atoms with Gasteiger partial charge >= 0.3 is 12.0 Å². The number of hydrogen-bond donors (Lipinski definition) is 4. The van der Waals surface area contributed by atoms with Crippen LogP contribution in [0.3, 0.4) is 0 Å². The molecule has 18 heavy (non-hydrogen) atoms. The van der Waals surface area contributed by atoms with E-state index in [0.717, 1.165) is 19.4 Å². The second-order valence-electron chi connectivity index (χ2n) is 4.53. The maximum Gasteiger partial charge on any atom is 0.328 e. The van der Waals surface area contributed by atoms with Crippen molar-refractivity contribution in [2.45, 2.75) is 18.9 Å². The number of aliphatic hydroxyl groups excluding tert-OH is 1. The van der Waals surface area contributed by atoms with Crippen LogP contribution >= 0.6 is 0 Å². The molecule has 1 saturated heterocycles. The first kappa shape index (κ1) is 14.7. The Hall–Kier alpha value is -1.34. The Morgan fingerprint density at radius 3 is 2.78 bits per heavy atom. The summed E-state index contributed by atoms with van der Waals surface area (Å²) in [5.74, 6) is -0.832. The minimum atomic E-state index is -1.23. The van der Waals surface area contributed by atoms with E-state index in [2.05, 4.69) is 10.6 Å². The number of nitrogens with zero attached hydrogens (tertiary/aromatic N) is 1. The predicted molar refractivity (Wildman–Crippen MR) is 65.3 cm³/mol. The van der Waals surface area contributed by atoms with Crippen molar-refractivity contribution < 1.29 is 19.8 Å². The van der Waals surface area contributed by atoms with Gasteiger partial charge in [0.2, 0.25) is 0 Å². The van der Waals surface area contributed by atoms with E-state index in [4.69, 9.17) is 10.2 Å². The number of hydrogen-bond acceptors (Lipinski definition) is 4. The van der Waals surface area contributed by atoms with E-state index in [9.17, 15) is 9.59 Å². The van der Waals surface area contributed by atoms with E-state index in [1.54, 1.807) is 4.90 Å². The number of carbonyl (C=O) groups excluding carboxylic acids is 1. The van der Waals surface area contributed by atoms with Gasteiger partial charge in [0.05, 0.1) is 6.61 Å². The molecule has 1 rings (SSSR count). The van der Waals surface area contributed by atoms with Crippen molar-refractivity contribution in [3.8, 4) is 0 Å². The molecule has 0 saturated carbocycles. The minimum Gasteiger partial charge on any atom is -0.480 e. The number of carbonyl (C=O) groups is 2. The fraction of sp³-hybridized carbons (Fsp3) is 0.818. The maximum absolute atomic E-state index is 11.8. The zero-order chi connectivity index (χ0) is 13.5. The molecule has 0 aromatic carbocycles. The lowest BCUT2D eigenvalue weighted by Gasteiger charge is -2.33. The molecule has 1 unspecified atom stereocenters. The second-order valence-corrected chi connectivity index (χ2v) is 4.53. The van der Waals surface area contributed by atoms with Gasteiger partial charge in [-0.3, -0.25) is 0 Å². The molecule has 4 N–H and O–H groups in total. The largest absolute Gasteiger partial charge is 0.480 e. The first-order valence-electron chi connectivity index (χ1n) is 6.12. The number of aliphatic carboxylic acids is 1. The van der Waals surface area contributed by atoms with Gasteiger partial charge in [-0.2, -0.15) is 0 Å². The Morgan fingerprint density at radius 2 is 2.22 bits per heavy atom. The number of urea groups is 1. The average molecular weight is 259 g/mol. The van der Waals surface area contributed by atoms with E-state index in [-0.39, 0.29) is 0 Å². The molecule has 1 fully saturated rings. The zero-order valence-electron chi connectivity index (χ0n) is 10.6. The van der Waals surface area contributed by atoms with Crippen molar-refractivity contribution in [3.63, 3.8) is 0 Å². The lowest BCUT2D eigenvalue weighted by Crippen LogP contribution is -2.52. The molecule has 0 radical (unpaired) electrons. The highest BCUT2D eigenvalue weighted by Crippen LogP contribution is 2.15. The van der Waals surface area contributed by atoms with Crippen LogP contribution in [-0.4, -0.2) is 66.4 Å². The Bertz CT molecular complexity index is 296. The van der Waals surface area contributed by atoms with Crippen molar-refractivity contribution >= 4 is 12.0 Å². The lowest BCUT2D eigenvalue weighted by atomic mass is 9.98. The molecule has 2 atom stereocenters. The second kappa shape index (κ2) is 7.17. The standard InChI is InChI=1S/C11H21N3O4/c1-12-5-8-3-2-4-14(6-8)11(18)13-9(7-15)10(16)17/h8-9,12,15H,2-7H2,1H3,(H,13,18)(H,16,17)/t8?,9-/m0/s1. The van der Waals surface area contributed by atoms with E-state index >= 15 is 0 Å². The predicted octanol–water partition coefficient (Wildman–Crippen LogP) is -0.927. The fourth-order valence-electron chi connectivity index (χ4n) is 2.13. The van der Waals surface area contributed by atoms with Crippen LogP contribution in [0.4, 0.5) is 4.79 Å². The molecule has 1 aliphatic rings. The van der Waals surface area contributed by atoms with E-state index in [0.29, 0.717) is 19.0 Å². The number of rotatable bonds is 5. The van der Waals surface area contributed by atoms with Gasteiger partial charge in [0.25, 0.3) is 0 Å². The molecule has 0 aliphatic carbocycles. The Labute approximate surface area is 106 Å². The maximum atomic E-state index is 11.8. The average Bonchev–Trinajstić information content (AvgIpc) is 2.36. The molecule has 0 aromatic rings. The number of amides is 2. The molecule has 7 heteroatoms. The molecule has 1 aliphatic heterocycles. The van der Waals surface area contributed by atoms with Crippen LogP contribution in [0.1, 0.15) is 12.8 Å². The number of carboxylic acids is 1. The van der Waals surface area contributed by atoms with Crippen LogP contribution in [-0.2, 0) is 4.79 Å². The summed E-state index contributed by atoms with van der Waals surface area (Å²) in [6.45, 7) is 1.48. The van der Waals surface area contributed by atoms with E-state index < -0.39 is 24.6 Å². The van der Waals surface area contributed by atoms with Gasteiger partial charge in [0, 0.05) is 13.1 Å². The number of aliphatic hydroxyl groups is 1. The Morgan fingerprint density at radius 1 is 1.50 bits per heavy atom. The van der Waals surface area contributed by atoms with Crippen molar-refractivity contribution in [2.75, 3.05) is 33.3 Å². The first-order chi connectivity index (χ1) is 8.58. The van der Waals surface area contributed by atoms with Gasteiger partial charge in [-0.05, 0) is 32.4 Å². The summed E-state index contributed by atoms with van der Waals surface area (Å²) in [6, 6.07) is -1.65. The summed E-state index contributed by atoms with van der Waals surface area (Å²) >= 11 is 0. The van der Waals surface area contributed by atoms with Crippen molar-refractivity contribution in [1.82, 2.24) is 15.5 Å². The normalized spacial score (nSPS) is 21.4. The van der Waals surface area contributed by atoms with E-state index in [1.165, 1.54) is 0 Å². The van der Waals surface area contributed by atoms with Gasteiger partial charge in [-0.25, -0.2) is 9.59 Å². The van der Waals surface area contributed by atoms with Gasteiger partial charge in [-0.15, -0.1) is 0 Å². The molecule has 0 aromatic heterocycles. The molecule has 7 nitrogen and oxygen atoms in total. The number of likely N-dealkylation sites (tertiary alicyclic amines) is 1. The summed E-state index contributed by atoms with van der Waals surface area (Å²) in [6.07, 6.45) is 1.98. The third-order valence-corrected chi connectivity index (χ3v) is 3.08.